The SMILES string of the molecule is COc1ccccc1N1CCN(c2ccc(C(=O)N3CCCCCC3)nc2)CC1. The summed E-state index contributed by atoms with van der Waals surface area (Å²) < 4.78 is 5.50. The highest BCUT2D eigenvalue weighted by Gasteiger charge is 2.21. The number of methoxy groups -OCH3 is 1. The van der Waals surface area contributed by atoms with Gasteiger partial charge < -0.3 is 19.4 Å². The molecule has 0 atom stereocenters. The zero-order valence-corrected chi connectivity index (χ0v) is 17.2. The van der Waals surface area contributed by atoms with Gasteiger partial charge in [0.2, 0.25) is 0 Å². The van der Waals surface area contributed by atoms with Crippen LogP contribution in [0.4, 0.5) is 11.4 Å². The maximum absolute atomic E-state index is 12.7. The van der Waals surface area contributed by atoms with Crippen LogP contribution in [0.1, 0.15) is 36.2 Å². The number of benzene rings is 1. The van der Waals surface area contributed by atoms with Gasteiger partial charge in [-0.15, -0.1) is 0 Å². The first-order chi connectivity index (χ1) is 14.3. The molecular weight excluding hydrogens is 364 g/mol. The van der Waals surface area contributed by atoms with E-state index in [4.69, 9.17) is 4.74 Å². The zero-order chi connectivity index (χ0) is 20.1. The summed E-state index contributed by atoms with van der Waals surface area (Å²) in [5.74, 6) is 0.985. The summed E-state index contributed by atoms with van der Waals surface area (Å²) in [5.41, 5.74) is 2.78. The molecule has 2 fully saturated rings. The summed E-state index contributed by atoms with van der Waals surface area (Å²) in [7, 11) is 1.72. The van der Waals surface area contributed by atoms with E-state index in [1.54, 1.807) is 7.11 Å². The van der Waals surface area contributed by atoms with Crippen molar-refractivity contribution < 1.29 is 9.53 Å². The van der Waals surface area contributed by atoms with E-state index in [1.165, 1.54) is 12.8 Å². The lowest BCUT2D eigenvalue weighted by Gasteiger charge is -2.37. The van der Waals surface area contributed by atoms with E-state index in [2.05, 4.69) is 20.9 Å². The lowest BCUT2D eigenvalue weighted by Crippen LogP contribution is -2.46. The molecule has 0 bridgehead atoms. The first kappa shape index (κ1) is 19.6. The second-order valence-electron chi connectivity index (χ2n) is 7.75. The van der Waals surface area contributed by atoms with Gasteiger partial charge in [-0.05, 0) is 37.1 Å². The number of rotatable bonds is 4. The summed E-state index contributed by atoms with van der Waals surface area (Å²) in [5, 5.41) is 0. The van der Waals surface area contributed by atoms with Crippen molar-refractivity contribution in [1.82, 2.24) is 9.88 Å². The van der Waals surface area contributed by atoms with Gasteiger partial charge in [0, 0.05) is 39.3 Å². The number of hydrogen-bond donors (Lipinski definition) is 0. The molecule has 3 heterocycles. The summed E-state index contributed by atoms with van der Waals surface area (Å²) in [6.45, 7) is 5.39. The van der Waals surface area contributed by atoms with Crippen LogP contribution in [0.25, 0.3) is 0 Å². The smallest absolute Gasteiger partial charge is 0.272 e. The second kappa shape index (κ2) is 9.16. The molecule has 154 valence electrons. The zero-order valence-electron chi connectivity index (χ0n) is 17.2. The lowest BCUT2D eigenvalue weighted by molar-refractivity contribution is 0.0756. The van der Waals surface area contributed by atoms with E-state index in [1.807, 2.05) is 41.4 Å². The summed E-state index contributed by atoms with van der Waals surface area (Å²) in [6.07, 6.45) is 6.48. The maximum Gasteiger partial charge on any atom is 0.272 e. The Balaban J connectivity index is 1.37. The standard InChI is InChI=1S/C23H30N4O2/c1-29-22-9-5-4-8-21(22)26-16-14-25(15-17-26)19-10-11-20(24-18-19)23(28)27-12-6-2-3-7-13-27/h4-5,8-11,18H,2-3,6-7,12-17H2,1H3. The molecule has 4 rings (SSSR count). The first-order valence-corrected chi connectivity index (χ1v) is 10.6. The molecule has 0 unspecified atom stereocenters. The minimum absolute atomic E-state index is 0.0689. The highest BCUT2D eigenvalue weighted by Crippen LogP contribution is 2.29. The van der Waals surface area contributed by atoms with Crippen molar-refractivity contribution in [3.63, 3.8) is 0 Å². The van der Waals surface area contributed by atoms with Crippen LogP contribution in [0, 0.1) is 0 Å². The van der Waals surface area contributed by atoms with E-state index in [0.717, 1.165) is 69.2 Å². The molecule has 2 saturated heterocycles. The second-order valence-corrected chi connectivity index (χ2v) is 7.75. The van der Waals surface area contributed by atoms with Crippen molar-refractivity contribution in [1.29, 1.82) is 0 Å². The average molecular weight is 395 g/mol. The number of amides is 1. The third-order valence-corrected chi connectivity index (χ3v) is 5.93. The molecule has 0 saturated carbocycles. The van der Waals surface area contributed by atoms with E-state index < -0.39 is 0 Å². The molecule has 2 aromatic rings. The number of piperazine rings is 1. The number of para-hydroxylation sites is 2. The molecule has 2 aliphatic rings. The monoisotopic (exact) mass is 394 g/mol. The number of anilines is 2. The van der Waals surface area contributed by atoms with Gasteiger partial charge in [-0.3, -0.25) is 4.79 Å². The Morgan fingerprint density at radius 3 is 2.21 bits per heavy atom. The minimum Gasteiger partial charge on any atom is -0.495 e. The van der Waals surface area contributed by atoms with Gasteiger partial charge >= 0.3 is 0 Å². The molecule has 0 N–H and O–H groups in total. The number of ether oxygens (including phenoxy) is 1. The summed E-state index contributed by atoms with van der Waals surface area (Å²) in [4.78, 5) is 23.9. The lowest BCUT2D eigenvalue weighted by atomic mass is 10.2. The topological polar surface area (TPSA) is 48.9 Å². The van der Waals surface area contributed by atoms with E-state index in [-0.39, 0.29) is 5.91 Å². The highest BCUT2D eigenvalue weighted by atomic mass is 16.5. The molecule has 6 heteroatoms. The van der Waals surface area contributed by atoms with Crippen LogP contribution >= 0.6 is 0 Å². The molecule has 0 radical (unpaired) electrons. The van der Waals surface area contributed by atoms with Crippen LogP contribution in [0.15, 0.2) is 42.6 Å². The van der Waals surface area contributed by atoms with E-state index in [9.17, 15) is 4.79 Å². The minimum atomic E-state index is 0.0689. The normalized spacial score (nSPS) is 17.8. The van der Waals surface area contributed by atoms with Gasteiger partial charge in [-0.1, -0.05) is 25.0 Å². The Labute approximate surface area is 173 Å². The van der Waals surface area contributed by atoms with Crippen molar-refractivity contribution in [2.24, 2.45) is 0 Å². The van der Waals surface area contributed by atoms with Crippen molar-refractivity contribution in [2.45, 2.75) is 25.7 Å². The largest absolute Gasteiger partial charge is 0.495 e. The Bertz CT molecular complexity index is 808. The Kier molecular flexibility index (Phi) is 6.17. The molecule has 1 aromatic carbocycles. The van der Waals surface area contributed by atoms with E-state index in [0.29, 0.717) is 5.69 Å². The molecule has 0 aliphatic carbocycles. The molecule has 2 aliphatic heterocycles. The molecule has 0 spiro atoms. The van der Waals surface area contributed by atoms with Gasteiger partial charge in [0.05, 0.1) is 24.7 Å². The van der Waals surface area contributed by atoms with Gasteiger partial charge in [0.1, 0.15) is 11.4 Å². The fraction of sp³-hybridized carbons (Fsp3) is 0.478. The number of likely N-dealkylation sites (tertiary alicyclic amines) is 1. The third-order valence-electron chi connectivity index (χ3n) is 5.93. The molecule has 29 heavy (non-hydrogen) atoms. The number of aromatic nitrogens is 1. The van der Waals surface area contributed by atoms with Gasteiger partial charge in [-0.2, -0.15) is 0 Å². The number of nitrogens with zero attached hydrogens (tertiary/aromatic N) is 4. The van der Waals surface area contributed by atoms with Crippen molar-refractivity contribution in [3.05, 3.63) is 48.3 Å². The quantitative estimate of drug-likeness (QED) is 0.795. The predicted molar refractivity (Wildman–Crippen MR) is 116 cm³/mol. The van der Waals surface area contributed by atoms with Gasteiger partial charge in [0.15, 0.2) is 0 Å². The van der Waals surface area contributed by atoms with Crippen LogP contribution in [0.3, 0.4) is 0 Å². The molecule has 6 nitrogen and oxygen atoms in total. The maximum atomic E-state index is 12.7. The third kappa shape index (κ3) is 4.47. The van der Waals surface area contributed by atoms with Crippen molar-refractivity contribution in [2.75, 3.05) is 56.2 Å². The Morgan fingerprint density at radius 1 is 0.862 bits per heavy atom. The summed E-state index contributed by atoms with van der Waals surface area (Å²) in [6, 6.07) is 12.1. The summed E-state index contributed by atoms with van der Waals surface area (Å²) >= 11 is 0. The fourth-order valence-corrected chi connectivity index (χ4v) is 4.23. The number of pyridine rings is 1. The average Bonchev–Trinajstić information content (AvgIpc) is 3.08. The molecule has 1 aromatic heterocycles. The fourth-order valence-electron chi connectivity index (χ4n) is 4.23. The predicted octanol–water partition coefficient (Wildman–Crippen LogP) is 3.43. The van der Waals surface area contributed by atoms with Crippen LogP contribution in [-0.4, -0.2) is 62.2 Å². The number of carbonyl (C=O) groups excluding carboxylic acids is 1. The molecule has 1 amide bonds. The first-order valence-electron chi connectivity index (χ1n) is 10.6. The van der Waals surface area contributed by atoms with Gasteiger partial charge in [-0.25, -0.2) is 4.98 Å². The van der Waals surface area contributed by atoms with Crippen molar-refractivity contribution >= 4 is 17.3 Å². The van der Waals surface area contributed by atoms with E-state index >= 15 is 0 Å². The Morgan fingerprint density at radius 2 is 1.55 bits per heavy atom. The highest BCUT2D eigenvalue weighted by molar-refractivity contribution is 5.92. The van der Waals surface area contributed by atoms with Crippen LogP contribution in [-0.2, 0) is 0 Å². The van der Waals surface area contributed by atoms with Crippen LogP contribution in [0.2, 0.25) is 0 Å². The molecular formula is C23H30N4O2. The van der Waals surface area contributed by atoms with Gasteiger partial charge in [0.25, 0.3) is 5.91 Å². The number of carbonyl (C=O) groups is 1. The van der Waals surface area contributed by atoms with Crippen LogP contribution in [0.5, 0.6) is 5.75 Å². The number of hydrogen-bond acceptors (Lipinski definition) is 5. The van der Waals surface area contributed by atoms with Crippen molar-refractivity contribution in [3.8, 4) is 5.75 Å². The Hall–Kier alpha value is -2.76. The van der Waals surface area contributed by atoms with Crippen LogP contribution < -0.4 is 14.5 Å².